The second-order valence-electron chi connectivity index (χ2n) is 5.10. The van der Waals surface area contributed by atoms with Crippen LogP contribution in [0.25, 0.3) is 5.82 Å². The van der Waals surface area contributed by atoms with E-state index >= 15 is 0 Å². The van der Waals surface area contributed by atoms with Gasteiger partial charge in [0.1, 0.15) is 10.6 Å². The van der Waals surface area contributed by atoms with Crippen LogP contribution in [0.3, 0.4) is 0 Å². The summed E-state index contributed by atoms with van der Waals surface area (Å²) in [7, 11) is -2.30. The van der Waals surface area contributed by atoms with Gasteiger partial charge in [0.2, 0.25) is 10.0 Å². The van der Waals surface area contributed by atoms with E-state index in [2.05, 4.69) is 30.7 Å². The van der Waals surface area contributed by atoms with Crippen LogP contribution in [0.1, 0.15) is 5.56 Å². The number of nitrogens with zero attached hydrogens (tertiary/aromatic N) is 3. The minimum Gasteiger partial charge on any atom is -0.495 e. The largest absolute Gasteiger partial charge is 0.495 e. The molecule has 0 bridgehead atoms. The number of pyridine rings is 1. The van der Waals surface area contributed by atoms with Gasteiger partial charge in [0.15, 0.2) is 5.82 Å². The van der Waals surface area contributed by atoms with E-state index in [-0.39, 0.29) is 17.2 Å². The van der Waals surface area contributed by atoms with E-state index in [9.17, 15) is 8.42 Å². The SMILES string of the molecule is COc1ccc(Br)cc1S(=O)(=O)NCc1ccc(-n2cccn2)nc1. The maximum Gasteiger partial charge on any atom is 0.244 e. The Bertz CT molecular complexity index is 958. The second kappa shape index (κ2) is 7.34. The maximum absolute atomic E-state index is 12.5. The van der Waals surface area contributed by atoms with Gasteiger partial charge in [-0.15, -0.1) is 0 Å². The third kappa shape index (κ3) is 4.06. The number of halogens is 1. The molecule has 0 saturated heterocycles. The monoisotopic (exact) mass is 422 g/mol. The van der Waals surface area contributed by atoms with Crippen molar-refractivity contribution in [2.75, 3.05) is 7.11 Å². The summed E-state index contributed by atoms with van der Waals surface area (Å²) < 4.78 is 35.1. The summed E-state index contributed by atoms with van der Waals surface area (Å²) in [6, 6.07) is 10.2. The van der Waals surface area contributed by atoms with Crippen molar-refractivity contribution < 1.29 is 13.2 Å². The quantitative estimate of drug-likeness (QED) is 0.659. The standard InChI is InChI=1S/C16H15BrN4O3S/c1-24-14-5-4-13(17)9-15(14)25(22,23)20-11-12-3-6-16(18-10-12)21-8-2-7-19-21/h2-10,20H,11H2,1H3. The number of sulfonamides is 1. The van der Waals surface area contributed by atoms with Crippen LogP contribution < -0.4 is 9.46 Å². The molecule has 3 rings (SSSR count). The van der Waals surface area contributed by atoms with Gasteiger partial charge in [0.25, 0.3) is 0 Å². The normalized spacial score (nSPS) is 11.4. The van der Waals surface area contributed by atoms with Crippen molar-refractivity contribution in [1.29, 1.82) is 0 Å². The van der Waals surface area contributed by atoms with Crippen LogP contribution >= 0.6 is 15.9 Å². The minimum atomic E-state index is -3.73. The molecule has 3 aromatic rings. The lowest BCUT2D eigenvalue weighted by atomic mass is 10.3. The molecular formula is C16H15BrN4O3S. The molecule has 0 aliphatic rings. The van der Waals surface area contributed by atoms with Crippen molar-refractivity contribution in [3.05, 3.63) is 65.0 Å². The molecule has 0 saturated carbocycles. The molecule has 0 aliphatic carbocycles. The topological polar surface area (TPSA) is 86.1 Å². The van der Waals surface area contributed by atoms with E-state index in [1.807, 2.05) is 0 Å². The molecule has 0 radical (unpaired) electrons. The smallest absolute Gasteiger partial charge is 0.244 e. The summed E-state index contributed by atoms with van der Waals surface area (Å²) in [4.78, 5) is 4.35. The van der Waals surface area contributed by atoms with Crippen molar-refractivity contribution in [2.24, 2.45) is 0 Å². The average molecular weight is 423 g/mol. The van der Waals surface area contributed by atoms with Crippen molar-refractivity contribution in [3.8, 4) is 11.6 Å². The Morgan fingerprint density at radius 3 is 2.76 bits per heavy atom. The molecule has 0 unspecified atom stereocenters. The molecular weight excluding hydrogens is 408 g/mol. The first-order valence-corrected chi connectivity index (χ1v) is 9.55. The van der Waals surface area contributed by atoms with Crippen LogP contribution in [0.15, 0.2) is 64.4 Å². The molecule has 0 aliphatic heterocycles. The Morgan fingerprint density at radius 2 is 2.12 bits per heavy atom. The highest BCUT2D eigenvalue weighted by Gasteiger charge is 2.19. The van der Waals surface area contributed by atoms with Crippen LogP contribution in [-0.2, 0) is 16.6 Å². The van der Waals surface area contributed by atoms with E-state index in [1.54, 1.807) is 53.6 Å². The van der Waals surface area contributed by atoms with Gasteiger partial charge in [-0.2, -0.15) is 5.10 Å². The molecule has 130 valence electrons. The summed E-state index contributed by atoms with van der Waals surface area (Å²) in [5.41, 5.74) is 0.730. The highest BCUT2D eigenvalue weighted by Crippen LogP contribution is 2.27. The maximum atomic E-state index is 12.5. The van der Waals surface area contributed by atoms with Crippen LogP contribution in [0.4, 0.5) is 0 Å². The lowest BCUT2D eigenvalue weighted by Gasteiger charge is -2.11. The molecule has 0 fully saturated rings. The molecule has 0 amide bonds. The zero-order valence-electron chi connectivity index (χ0n) is 13.3. The summed E-state index contributed by atoms with van der Waals surface area (Å²) >= 11 is 3.27. The predicted octanol–water partition coefficient (Wildman–Crippen LogP) is 2.52. The van der Waals surface area contributed by atoms with Crippen LogP contribution in [0.2, 0.25) is 0 Å². The van der Waals surface area contributed by atoms with Crippen LogP contribution in [0, 0.1) is 0 Å². The molecule has 25 heavy (non-hydrogen) atoms. The highest BCUT2D eigenvalue weighted by molar-refractivity contribution is 9.10. The number of aromatic nitrogens is 3. The fourth-order valence-electron chi connectivity index (χ4n) is 2.18. The van der Waals surface area contributed by atoms with Gasteiger partial charge in [-0.25, -0.2) is 22.8 Å². The average Bonchev–Trinajstić information content (AvgIpc) is 3.15. The van der Waals surface area contributed by atoms with E-state index in [4.69, 9.17) is 4.74 Å². The zero-order chi connectivity index (χ0) is 17.9. The molecule has 7 nitrogen and oxygen atoms in total. The third-order valence-electron chi connectivity index (χ3n) is 3.43. The molecule has 2 heterocycles. The van der Waals surface area contributed by atoms with Gasteiger partial charge < -0.3 is 4.74 Å². The molecule has 2 aromatic heterocycles. The number of rotatable bonds is 6. The van der Waals surface area contributed by atoms with Gasteiger partial charge >= 0.3 is 0 Å². The Morgan fingerprint density at radius 1 is 1.28 bits per heavy atom. The van der Waals surface area contributed by atoms with Gasteiger partial charge in [-0.1, -0.05) is 22.0 Å². The molecule has 1 aromatic carbocycles. The minimum absolute atomic E-state index is 0.0745. The van der Waals surface area contributed by atoms with E-state index in [0.29, 0.717) is 10.3 Å². The lowest BCUT2D eigenvalue weighted by Crippen LogP contribution is -2.24. The first-order valence-electron chi connectivity index (χ1n) is 7.28. The Hall–Kier alpha value is -2.23. The van der Waals surface area contributed by atoms with Gasteiger partial charge in [-0.05, 0) is 35.9 Å². The fraction of sp³-hybridized carbons (Fsp3) is 0.125. The molecule has 1 N–H and O–H groups in total. The van der Waals surface area contributed by atoms with E-state index < -0.39 is 10.0 Å². The number of hydrogen-bond acceptors (Lipinski definition) is 5. The van der Waals surface area contributed by atoms with Gasteiger partial charge in [0, 0.05) is 29.6 Å². The molecule has 0 spiro atoms. The number of nitrogens with one attached hydrogen (secondary N) is 1. The first-order chi connectivity index (χ1) is 12.0. The Labute approximate surface area is 153 Å². The lowest BCUT2D eigenvalue weighted by molar-refractivity contribution is 0.402. The predicted molar refractivity (Wildman–Crippen MR) is 96.1 cm³/mol. The Balaban J connectivity index is 1.75. The van der Waals surface area contributed by atoms with Gasteiger partial charge in [0.05, 0.1) is 7.11 Å². The van der Waals surface area contributed by atoms with Gasteiger partial charge in [-0.3, -0.25) is 0 Å². The third-order valence-corrected chi connectivity index (χ3v) is 5.35. The van der Waals surface area contributed by atoms with Crippen molar-refractivity contribution in [2.45, 2.75) is 11.4 Å². The fourth-order valence-corrected chi connectivity index (χ4v) is 3.90. The van der Waals surface area contributed by atoms with Crippen molar-refractivity contribution in [3.63, 3.8) is 0 Å². The summed E-state index contributed by atoms with van der Waals surface area (Å²) in [6.45, 7) is 0.115. The number of ether oxygens (including phenoxy) is 1. The highest BCUT2D eigenvalue weighted by atomic mass is 79.9. The number of methoxy groups -OCH3 is 1. The second-order valence-corrected chi connectivity index (χ2v) is 7.75. The Kier molecular flexibility index (Phi) is 5.16. The van der Waals surface area contributed by atoms with E-state index in [0.717, 1.165) is 5.56 Å². The van der Waals surface area contributed by atoms with Crippen molar-refractivity contribution in [1.82, 2.24) is 19.5 Å². The summed E-state index contributed by atoms with van der Waals surface area (Å²) in [6.07, 6.45) is 5.05. The van der Waals surface area contributed by atoms with E-state index in [1.165, 1.54) is 13.2 Å². The number of hydrogen-bond donors (Lipinski definition) is 1. The number of benzene rings is 1. The summed E-state index contributed by atoms with van der Waals surface area (Å²) in [5, 5.41) is 4.09. The zero-order valence-corrected chi connectivity index (χ0v) is 15.7. The first kappa shape index (κ1) is 17.6. The summed E-state index contributed by atoms with van der Waals surface area (Å²) in [5.74, 6) is 0.938. The molecule has 9 heteroatoms. The van der Waals surface area contributed by atoms with Crippen LogP contribution in [-0.4, -0.2) is 30.3 Å². The van der Waals surface area contributed by atoms with Crippen LogP contribution in [0.5, 0.6) is 5.75 Å². The van der Waals surface area contributed by atoms with Crippen molar-refractivity contribution >= 4 is 26.0 Å². The molecule has 0 atom stereocenters.